The highest BCUT2D eigenvalue weighted by Crippen LogP contribution is 2.35. The lowest BCUT2D eigenvalue weighted by Crippen LogP contribution is -3.13. The van der Waals surface area contributed by atoms with Crippen LogP contribution in [0.2, 0.25) is 0 Å². The standard InChI is InChI=1S/C24H32FN3O3/c1-15(2)26-24(29)27-16(3)23-19-13-22(31-5)21(30-4)12-17(19)10-11-28(23)14-18-8-6-7-9-20(18)25/h6-9,12-13,15-16,23H,10-11,14H2,1-5H3,(H2,26,27,29)/p+1/t16-,23+/m0/s1. The first kappa shape index (κ1) is 22.9. The fourth-order valence-electron chi connectivity index (χ4n) is 4.42. The molecule has 0 saturated carbocycles. The van der Waals surface area contributed by atoms with Gasteiger partial charge in [-0.25, -0.2) is 9.18 Å². The molecule has 0 saturated heterocycles. The molecule has 0 aromatic heterocycles. The molecular weight excluding hydrogens is 397 g/mol. The van der Waals surface area contributed by atoms with Gasteiger partial charge in [-0.2, -0.15) is 0 Å². The number of amides is 2. The summed E-state index contributed by atoms with van der Waals surface area (Å²) in [6.45, 7) is 7.19. The molecule has 0 radical (unpaired) electrons. The second kappa shape index (κ2) is 10.0. The number of carbonyl (C=O) groups excluding carboxylic acids is 1. The highest BCUT2D eigenvalue weighted by Gasteiger charge is 2.37. The number of hydrogen-bond donors (Lipinski definition) is 3. The number of nitrogens with one attached hydrogen (secondary N) is 3. The van der Waals surface area contributed by atoms with Gasteiger partial charge in [-0.15, -0.1) is 0 Å². The summed E-state index contributed by atoms with van der Waals surface area (Å²) in [6.07, 6.45) is 0.834. The molecular formula is C24H33FN3O3+. The molecule has 2 aromatic rings. The van der Waals surface area contributed by atoms with Crippen LogP contribution < -0.4 is 25.0 Å². The van der Waals surface area contributed by atoms with Crippen molar-refractivity contribution >= 4 is 6.03 Å². The van der Waals surface area contributed by atoms with Crippen LogP contribution in [0.25, 0.3) is 0 Å². The summed E-state index contributed by atoms with van der Waals surface area (Å²) >= 11 is 0. The summed E-state index contributed by atoms with van der Waals surface area (Å²) < 4.78 is 25.4. The fraction of sp³-hybridized carbons (Fsp3) is 0.458. The first-order valence-electron chi connectivity index (χ1n) is 10.7. The summed E-state index contributed by atoms with van der Waals surface area (Å²) in [5, 5.41) is 5.97. The van der Waals surface area contributed by atoms with E-state index in [0.29, 0.717) is 23.6 Å². The van der Waals surface area contributed by atoms with Gasteiger partial charge in [-0.05, 0) is 44.5 Å². The third-order valence-electron chi connectivity index (χ3n) is 5.79. The lowest BCUT2D eigenvalue weighted by Gasteiger charge is -2.38. The monoisotopic (exact) mass is 430 g/mol. The van der Waals surface area contributed by atoms with Crippen molar-refractivity contribution in [1.82, 2.24) is 10.6 Å². The predicted octanol–water partition coefficient (Wildman–Crippen LogP) is 2.62. The molecule has 31 heavy (non-hydrogen) atoms. The maximum absolute atomic E-state index is 14.4. The van der Waals surface area contributed by atoms with Crippen LogP contribution in [-0.2, 0) is 13.0 Å². The van der Waals surface area contributed by atoms with E-state index in [1.807, 2.05) is 45.0 Å². The van der Waals surface area contributed by atoms with Crippen LogP contribution in [0.15, 0.2) is 36.4 Å². The highest BCUT2D eigenvalue weighted by molar-refractivity contribution is 5.74. The first-order chi connectivity index (χ1) is 14.8. The van der Waals surface area contributed by atoms with Crippen LogP contribution in [0.5, 0.6) is 11.5 Å². The molecule has 0 fully saturated rings. The summed E-state index contributed by atoms with van der Waals surface area (Å²) in [5.74, 6) is 1.14. The van der Waals surface area contributed by atoms with Crippen LogP contribution in [0, 0.1) is 5.82 Å². The van der Waals surface area contributed by atoms with E-state index in [-0.39, 0.29) is 30.0 Å². The predicted molar refractivity (Wildman–Crippen MR) is 118 cm³/mol. The Kier molecular flexibility index (Phi) is 7.38. The average molecular weight is 431 g/mol. The van der Waals surface area contributed by atoms with Crippen molar-refractivity contribution in [3.05, 3.63) is 58.9 Å². The lowest BCUT2D eigenvalue weighted by atomic mass is 9.87. The summed E-state index contributed by atoms with van der Waals surface area (Å²) in [4.78, 5) is 13.6. The minimum Gasteiger partial charge on any atom is -0.493 e. The van der Waals surface area contributed by atoms with Crippen molar-refractivity contribution in [2.24, 2.45) is 0 Å². The Labute approximate surface area is 183 Å². The van der Waals surface area contributed by atoms with Crippen LogP contribution in [0.3, 0.4) is 0 Å². The Bertz CT molecular complexity index is 919. The normalized spacial score (nSPS) is 18.8. The largest absolute Gasteiger partial charge is 0.493 e. The number of fused-ring (bicyclic) bond motifs is 1. The van der Waals surface area contributed by atoms with E-state index in [2.05, 4.69) is 10.6 Å². The Morgan fingerprint density at radius 1 is 1.13 bits per heavy atom. The van der Waals surface area contributed by atoms with Gasteiger partial charge in [0.05, 0.1) is 26.8 Å². The van der Waals surface area contributed by atoms with Gasteiger partial charge in [0, 0.05) is 23.6 Å². The van der Waals surface area contributed by atoms with Crippen molar-refractivity contribution in [2.45, 2.75) is 51.9 Å². The van der Waals surface area contributed by atoms with E-state index in [0.717, 1.165) is 24.1 Å². The summed E-state index contributed by atoms with van der Waals surface area (Å²) in [7, 11) is 3.24. The molecule has 6 nitrogen and oxygen atoms in total. The Hall–Kier alpha value is -2.80. The van der Waals surface area contributed by atoms with Crippen molar-refractivity contribution in [3.63, 3.8) is 0 Å². The summed E-state index contributed by atoms with van der Waals surface area (Å²) in [5.41, 5.74) is 2.93. The van der Waals surface area contributed by atoms with E-state index < -0.39 is 0 Å². The van der Waals surface area contributed by atoms with Crippen LogP contribution in [0.1, 0.15) is 43.5 Å². The molecule has 1 aliphatic rings. The third-order valence-corrected chi connectivity index (χ3v) is 5.79. The van der Waals surface area contributed by atoms with Gasteiger partial charge in [0.25, 0.3) is 0 Å². The third kappa shape index (κ3) is 5.28. The molecule has 0 aliphatic carbocycles. The van der Waals surface area contributed by atoms with Gasteiger partial charge >= 0.3 is 6.03 Å². The zero-order valence-corrected chi connectivity index (χ0v) is 18.9. The average Bonchev–Trinajstić information content (AvgIpc) is 2.73. The van der Waals surface area contributed by atoms with Gasteiger partial charge in [0.2, 0.25) is 0 Å². The first-order valence-corrected chi connectivity index (χ1v) is 10.7. The zero-order chi connectivity index (χ0) is 22.5. The number of hydrogen-bond acceptors (Lipinski definition) is 3. The van der Waals surface area contributed by atoms with E-state index in [1.54, 1.807) is 20.3 Å². The fourth-order valence-corrected chi connectivity index (χ4v) is 4.42. The number of rotatable bonds is 7. The highest BCUT2D eigenvalue weighted by atomic mass is 19.1. The SMILES string of the molecule is COc1cc2c(cc1OC)[C@@H]([C@H](C)NC(=O)NC(C)C)[NH+](Cc1ccccc1F)CC2. The number of quaternary nitrogens is 1. The van der Waals surface area contributed by atoms with Gasteiger partial charge in [-0.3, -0.25) is 0 Å². The smallest absolute Gasteiger partial charge is 0.315 e. The van der Waals surface area contributed by atoms with Crippen LogP contribution in [-0.4, -0.2) is 38.9 Å². The number of methoxy groups -OCH3 is 2. The maximum atomic E-state index is 14.4. The van der Waals surface area contributed by atoms with E-state index in [4.69, 9.17) is 9.47 Å². The number of ether oxygens (including phenoxy) is 2. The molecule has 2 amide bonds. The molecule has 3 N–H and O–H groups in total. The van der Waals surface area contributed by atoms with Gasteiger partial charge < -0.3 is 25.0 Å². The quantitative estimate of drug-likeness (QED) is 0.633. The molecule has 3 atom stereocenters. The van der Waals surface area contributed by atoms with Crippen molar-refractivity contribution in [1.29, 1.82) is 0 Å². The maximum Gasteiger partial charge on any atom is 0.315 e. The zero-order valence-electron chi connectivity index (χ0n) is 18.9. The number of halogens is 1. The van der Waals surface area contributed by atoms with Crippen molar-refractivity contribution < 1.29 is 23.6 Å². The molecule has 0 spiro atoms. The number of urea groups is 1. The minimum absolute atomic E-state index is 0.0389. The van der Waals surface area contributed by atoms with Crippen molar-refractivity contribution in [2.75, 3.05) is 20.8 Å². The topological polar surface area (TPSA) is 64.0 Å². The van der Waals surface area contributed by atoms with E-state index >= 15 is 0 Å². The molecule has 1 heterocycles. The second-order valence-electron chi connectivity index (χ2n) is 8.37. The molecule has 0 bridgehead atoms. The van der Waals surface area contributed by atoms with Gasteiger partial charge in [0.1, 0.15) is 18.4 Å². The Balaban J connectivity index is 1.97. The molecule has 3 rings (SSSR count). The van der Waals surface area contributed by atoms with Gasteiger partial charge in [-0.1, -0.05) is 18.2 Å². The minimum atomic E-state index is -0.208. The molecule has 1 aliphatic heterocycles. The van der Waals surface area contributed by atoms with Gasteiger partial charge in [0.15, 0.2) is 11.5 Å². The Morgan fingerprint density at radius 3 is 2.45 bits per heavy atom. The summed E-state index contributed by atoms with van der Waals surface area (Å²) in [6, 6.07) is 10.5. The lowest BCUT2D eigenvalue weighted by molar-refractivity contribution is -0.948. The van der Waals surface area contributed by atoms with Crippen LogP contribution in [0.4, 0.5) is 9.18 Å². The molecule has 1 unspecified atom stereocenters. The molecule has 2 aromatic carbocycles. The molecule has 168 valence electrons. The van der Waals surface area contributed by atoms with Crippen molar-refractivity contribution in [3.8, 4) is 11.5 Å². The number of benzene rings is 2. The van der Waals surface area contributed by atoms with Crippen LogP contribution >= 0.6 is 0 Å². The molecule has 7 heteroatoms. The number of carbonyl (C=O) groups is 1. The van der Waals surface area contributed by atoms with E-state index in [9.17, 15) is 9.18 Å². The Morgan fingerprint density at radius 2 is 1.81 bits per heavy atom. The second-order valence-corrected chi connectivity index (χ2v) is 8.37. The van der Waals surface area contributed by atoms with E-state index in [1.165, 1.54) is 11.0 Å².